The highest BCUT2D eigenvalue weighted by Gasteiger charge is 2.08. The largest absolute Gasteiger partial charge is 0.505 e. The number of rotatable bonds is 3. The van der Waals surface area contributed by atoms with Gasteiger partial charge in [0.1, 0.15) is 5.75 Å². The van der Waals surface area contributed by atoms with Crippen LogP contribution in [0.2, 0.25) is 0 Å². The van der Waals surface area contributed by atoms with Gasteiger partial charge in [-0.3, -0.25) is 0 Å². The van der Waals surface area contributed by atoms with Crippen molar-refractivity contribution in [3.63, 3.8) is 0 Å². The molecule has 0 aliphatic rings. The summed E-state index contributed by atoms with van der Waals surface area (Å²) in [5.41, 5.74) is 0.722. The minimum Gasteiger partial charge on any atom is -0.505 e. The SMILES string of the molecule is COc1ccccc1NC(=O)Nc1ccc(O)c(F)c1. The first-order valence-electron chi connectivity index (χ1n) is 5.79. The fourth-order valence-electron chi connectivity index (χ4n) is 1.62. The second-order valence-electron chi connectivity index (χ2n) is 3.95. The number of anilines is 2. The first-order valence-corrected chi connectivity index (χ1v) is 5.79. The quantitative estimate of drug-likeness (QED) is 0.754. The molecule has 0 aromatic heterocycles. The van der Waals surface area contributed by atoms with E-state index in [0.29, 0.717) is 11.4 Å². The Morgan fingerprint density at radius 2 is 1.95 bits per heavy atom. The molecule has 2 amide bonds. The van der Waals surface area contributed by atoms with Crippen molar-refractivity contribution in [3.8, 4) is 11.5 Å². The average molecular weight is 276 g/mol. The van der Waals surface area contributed by atoms with Gasteiger partial charge < -0.3 is 20.5 Å². The van der Waals surface area contributed by atoms with E-state index in [0.717, 1.165) is 12.1 Å². The molecule has 0 radical (unpaired) electrons. The molecule has 0 unspecified atom stereocenters. The van der Waals surface area contributed by atoms with Gasteiger partial charge in [0, 0.05) is 11.8 Å². The van der Waals surface area contributed by atoms with Gasteiger partial charge in [-0.1, -0.05) is 12.1 Å². The van der Waals surface area contributed by atoms with Crippen molar-refractivity contribution < 1.29 is 19.0 Å². The number of amides is 2. The fourth-order valence-corrected chi connectivity index (χ4v) is 1.62. The number of nitrogens with one attached hydrogen (secondary N) is 2. The molecule has 104 valence electrons. The van der Waals surface area contributed by atoms with Gasteiger partial charge in [-0.15, -0.1) is 0 Å². The van der Waals surface area contributed by atoms with E-state index in [1.807, 2.05) is 0 Å². The summed E-state index contributed by atoms with van der Waals surface area (Å²) in [6.45, 7) is 0. The highest BCUT2D eigenvalue weighted by Crippen LogP contribution is 2.24. The third-order valence-corrected chi connectivity index (χ3v) is 2.56. The minimum atomic E-state index is -0.805. The average Bonchev–Trinajstić information content (AvgIpc) is 2.43. The van der Waals surface area contributed by atoms with Crippen molar-refractivity contribution in [2.75, 3.05) is 17.7 Å². The highest BCUT2D eigenvalue weighted by molar-refractivity contribution is 6.00. The van der Waals surface area contributed by atoms with Gasteiger partial charge in [0.25, 0.3) is 0 Å². The Morgan fingerprint density at radius 1 is 1.20 bits per heavy atom. The lowest BCUT2D eigenvalue weighted by Crippen LogP contribution is -2.19. The van der Waals surface area contributed by atoms with E-state index in [4.69, 9.17) is 9.84 Å². The molecule has 2 aromatic rings. The molecule has 0 aliphatic heterocycles. The second kappa shape index (κ2) is 5.92. The zero-order valence-electron chi connectivity index (χ0n) is 10.7. The van der Waals surface area contributed by atoms with Crippen LogP contribution in [-0.2, 0) is 0 Å². The number of methoxy groups -OCH3 is 1. The number of phenolic OH excluding ortho intramolecular Hbond substituents is 1. The number of benzene rings is 2. The number of phenols is 1. The Hall–Kier alpha value is -2.76. The van der Waals surface area contributed by atoms with Crippen LogP contribution >= 0.6 is 0 Å². The number of carbonyl (C=O) groups is 1. The van der Waals surface area contributed by atoms with Gasteiger partial charge in [-0.2, -0.15) is 0 Å². The number of ether oxygens (including phenoxy) is 1. The molecular weight excluding hydrogens is 263 g/mol. The first-order chi connectivity index (χ1) is 9.60. The highest BCUT2D eigenvalue weighted by atomic mass is 19.1. The van der Waals surface area contributed by atoms with Gasteiger partial charge in [0.05, 0.1) is 12.8 Å². The molecule has 0 heterocycles. The standard InChI is InChI=1S/C14H13FN2O3/c1-20-13-5-3-2-4-11(13)17-14(19)16-9-6-7-12(18)10(15)8-9/h2-8,18H,1H3,(H2,16,17,19). The summed E-state index contributed by atoms with van der Waals surface area (Å²) in [4.78, 5) is 11.8. The number of urea groups is 1. The van der Waals surface area contributed by atoms with Crippen molar-refractivity contribution in [1.82, 2.24) is 0 Å². The van der Waals surface area contributed by atoms with Crippen molar-refractivity contribution >= 4 is 17.4 Å². The van der Waals surface area contributed by atoms with Crippen LogP contribution in [0, 0.1) is 5.82 Å². The van der Waals surface area contributed by atoms with Crippen molar-refractivity contribution in [1.29, 1.82) is 0 Å². The van der Waals surface area contributed by atoms with Crippen molar-refractivity contribution in [3.05, 3.63) is 48.3 Å². The number of carbonyl (C=O) groups excluding carboxylic acids is 1. The molecule has 0 bridgehead atoms. The van der Waals surface area contributed by atoms with E-state index in [-0.39, 0.29) is 5.69 Å². The molecule has 0 fully saturated rings. The monoisotopic (exact) mass is 276 g/mol. The number of aromatic hydroxyl groups is 1. The van der Waals surface area contributed by atoms with Crippen molar-refractivity contribution in [2.24, 2.45) is 0 Å². The predicted molar refractivity (Wildman–Crippen MR) is 73.7 cm³/mol. The predicted octanol–water partition coefficient (Wildman–Crippen LogP) is 3.18. The van der Waals surface area contributed by atoms with E-state index in [1.165, 1.54) is 13.2 Å². The van der Waals surface area contributed by atoms with Crippen LogP contribution in [-0.4, -0.2) is 18.2 Å². The molecule has 0 aliphatic carbocycles. The van der Waals surface area contributed by atoms with E-state index in [9.17, 15) is 9.18 Å². The van der Waals surface area contributed by atoms with Crippen LogP contribution in [0.15, 0.2) is 42.5 Å². The summed E-state index contributed by atoms with van der Waals surface area (Å²) < 4.78 is 18.2. The number of para-hydroxylation sites is 2. The van der Waals surface area contributed by atoms with Crippen LogP contribution in [0.4, 0.5) is 20.6 Å². The molecule has 0 saturated heterocycles. The van der Waals surface area contributed by atoms with Gasteiger partial charge in [-0.25, -0.2) is 9.18 Å². The Kier molecular flexibility index (Phi) is 4.05. The lowest BCUT2D eigenvalue weighted by Gasteiger charge is -2.11. The van der Waals surface area contributed by atoms with E-state index < -0.39 is 17.6 Å². The third-order valence-electron chi connectivity index (χ3n) is 2.56. The van der Waals surface area contributed by atoms with Crippen LogP contribution in [0.5, 0.6) is 11.5 Å². The molecule has 20 heavy (non-hydrogen) atoms. The van der Waals surface area contributed by atoms with E-state index in [2.05, 4.69) is 10.6 Å². The Labute approximate surface area is 115 Å². The van der Waals surface area contributed by atoms with E-state index >= 15 is 0 Å². The van der Waals surface area contributed by atoms with Gasteiger partial charge >= 0.3 is 6.03 Å². The molecule has 5 nitrogen and oxygen atoms in total. The molecule has 0 saturated carbocycles. The van der Waals surface area contributed by atoms with Crippen molar-refractivity contribution in [2.45, 2.75) is 0 Å². The molecule has 2 rings (SSSR count). The summed E-state index contributed by atoms with van der Waals surface area (Å²) in [5, 5.41) is 14.1. The van der Waals surface area contributed by atoms with Gasteiger partial charge in [-0.05, 0) is 24.3 Å². The Morgan fingerprint density at radius 3 is 2.65 bits per heavy atom. The summed E-state index contributed by atoms with van der Waals surface area (Å²) in [5.74, 6) is -0.764. The lowest BCUT2D eigenvalue weighted by atomic mass is 10.3. The fraction of sp³-hybridized carbons (Fsp3) is 0.0714. The summed E-state index contributed by atoms with van der Waals surface area (Å²) >= 11 is 0. The summed E-state index contributed by atoms with van der Waals surface area (Å²) in [6.07, 6.45) is 0. The first kappa shape index (κ1) is 13.7. The van der Waals surface area contributed by atoms with Gasteiger partial charge in [0.15, 0.2) is 11.6 Å². The van der Waals surface area contributed by atoms with Gasteiger partial charge in [0.2, 0.25) is 0 Å². The normalized spacial score (nSPS) is 9.90. The zero-order valence-corrected chi connectivity index (χ0v) is 10.7. The van der Waals surface area contributed by atoms with E-state index in [1.54, 1.807) is 24.3 Å². The maximum absolute atomic E-state index is 13.1. The second-order valence-corrected chi connectivity index (χ2v) is 3.95. The van der Waals surface area contributed by atoms with Crippen LogP contribution in [0.25, 0.3) is 0 Å². The third kappa shape index (κ3) is 3.17. The Balaban J connectivity index is 2.07. The van der Waals surface area contributed by atoms with Crippen LogP contribution < -0.4 is 15.4 Å². The molecule has 3 N–H and O–H groups in total. The molecule has 6 heteroatoms. The zero-order chi connectivity index (χ0) is 14.5. The molecular formula is C14H13FN2O3. The minimum absolute atomic E-state index is 0.229. The Bertz CT molecular complexity index is 632. The molecule has 0 atom stereocenters. The number of hydrogen-bond donors (Lipinski definition) is 3. The number of halogens is 1. The maximum Gasteiger partial charge on any atom is 0.323 e. The van der Waals surface area contributed by atoms with Crippen LogP contribution in [0.1, 0.15) is 0 Å². The summed E-state index contributed by atoms with van der Waals surface area (Å²) in [6, 6.07) is 9.94. The number of hydrogen-bond acceptors (Lipinski definition) is 3. The smallest absolute Gasteiger partial charge is 0.323 e. The molecule has 0 spiro atoms. The molecule has 2 aromatic carbocycles. The summed E-state index contributed by atoms with van der Waals surface area (Å²) in [7, 11) is 1.49. The van der Waals surface area contributed by atoms with Crippen LogP contribution in [0.3, 0.4) is 0 Å². The topological polar surface area (TPSA) is 70.6 Å². The maximum atomic E-state index is 13.1. The lowest BCUT2D eigenvalue weighted by molar-refractivity contribution is 0.262.